The molecule has 18 heavy (non-hydrogen) atoms. The van der Waals surface area contributed by atoms with E-state index in [1.54, 1.807) is 0 Å². The highest BCUT2D eigenvalue weighted by Gasteiger charge is 2.17. The Hall–Kier alpha value is -1.60. The molecule has 1 N–H and O–H groups in total. The fraction of sp³-hybridized carbons (Fsp3) is 0.294. The maximum Gasteiger partial charge on any atom is 0.0375 e. The molecule has 2 aromatic carbocycles. The molecule has 0 fully saturated rings. The Morgan fingerprint density at radius 3 is 2.33 bits per heavy atom. The molecule has 1 heteroatoms. The van der Waals surface area contributed by atoms with Crippen LogP contribution < -0.4 is 5.32 Å². The molecule has 2 rings (SSSR count). The number of benzene rings is 2. The Morgan fingerprint density at radius 2 is 1.67 bits per heavy atom. The lowest BCUT2D eigenvalue weighted by atomic mass is 9.90. The lowest BCUT2D eigenvalue weighted by Crippen LogP contribution is -2.33. The van der Waals surface area contributed by atoms with Gasteiger partial charge in [0.15, 0.2) is 0 Å². The topological polar surface area (TPSA) is 12.0 Å². The third-order valence-corrected chi connectivity index (χ3v) is 3.67. The number of aryl methyl sites for hydroxylation is 1. The molecule has 94 valence electrons. The van der Waals surface area contributed by atoms with E-state index in [4.69, 9.17) is 0 Å². The Kier molecular flexibility index (Phi) is 3.53. The van der Waals surface area contributed by atoms with E-state index in [0.717, 1.165) is 0 Å². The van der Waals surface area contributed by atoms with E-state index in [9.17, 15) is 0 Å². The predicted molar refractivity (Wildman–Crippen MR) is 78.7 cm³/mol. The van der Waals surface area contributed by atoms with Crippen molar-refractivity contribution < 1.29 is 0 Å². The SMILES string of the molecule is CNC(C)(C)c1cccc(-c2ccccc2C)c1. The Balaban J connectivity index is 2.49. The van der Waals surface area contributed by atoms with Crippen LogP contribution in [0, 0.1) is 6.92 Å². The molecule has 0 aromatic heterocycles. The molecule has 0 spiro atoms. The summed E-state index contributed by atoms with van der Waals surface area (Å²) in [6.45, 7) is 6.55. The minimum absolute atomic E-state index is 0.00129. The van der Waals surface area contributed by atoms with Crippen molar-refractivity contribution in [2.24, 2.45) is 0 Å². The molecular weight excluding hydrogens is 218 g/mol. The Morgan fingerprint density at radius 1 is 0.944 bits per heavy atom. The van der Waals surface area contributed by atoms with Gasteiger partial charge in [0.05, 0.1) is 0 Å². The number of hydrogen-bond acceptors (Lipinski definition) is 1. The van der Waals surface area contributed by atoms with Crippen LogP contribution in [0.5, 0.6) is 0 Å². The van der Waals surface area contributed by atoms with Crippen molar-refractivity contribution in [2.75, 3.05) is 7.05 Å². The third kappa shape index (κ3) is 2.46. The lowest BCUT2D eigenvalue weighted by Gasteiger charge is -2.25. The largest absolute Gasteiger partial charge is 0.311 e. The Labute approximate surface area is 110 Å². The average Bonchev–Trinajstić information content (AvgIpc) is 2.39. The fourth-order valence-electron chi connectivity index (χ4n) is 2.12. The van der Waals surface area contributed by atoms with Crippen LogP contribution in [0.2, 0.25) is 0 Å². The van der Waals surface area contributed by atoms with Crippen LogP contribution in [-0.4, -0.2) is 7.05 Å². The second-order valence-electron chi connectivity index (χ2n) is 5.27. The van der Waals surface area contributed by atoms with Crippen molar-refractivity contribution in [3.63, 3.8) is 0 Å². The van der Waals surface area contributed by atoms with Gasteiger partial charge in [0, 0.05) is 5.54 Å². The van der Waals surface area contributed by atoms with Crippen LogP contribution in [-0.2, 0) is 5.54 Å². The zero-order chi connectivity index (χ0) is 13.2. The maximum atomic E-state index is 3.35. The summed E-state index contributed by atoms with van der Waals surface area (Å²) in [7, 11) is 2.00. The molecule has 0 aliphatic rings. The van der Waals surface area contributed by atoms with Gasteiger partial charge in [-0.1, -0.05) is 42.5 Å². The van der Waals surface area contributed by atoms with Crippen LogP contribution in [0.3, 0.4) is 0 Å². The van der Waals surface area contributed by atoms with E-state index in [2.05, 4.69) is 74.6 Å². The number of nitrogens with one attached hydrogen (secondary N) is 1. The summed E-state index contributed by atoms with van der Waals surface area (Å²) in [4.78, 5) is 0. The highest BCUT2D eigenvalue weighted by atomic mass is 14.9. The van der Waals surface area contributed by atoms with Gasteiger partial charge >= 0.3 is 0 Å². The van der Waals surface area contributed by atoms with Gasteiger partial charge in [-0.3, -0.25) is 0 Å². The van der Waals surface area contributed by atoms with E-state index in [-0.39, 0.29) is 5.54 Å². The molecule has 0 amide bonds. The van der Waals surface area contributed by atoms with E-state index in [1.165, 1.54) is 22.3 Å². The highest BCUT2D eigenvalue weighted by molar-refractivity contribution is 5.67. The van der Waals surface area contributed by atoms with Crippen molar-refractivity contribution in [2.45, 2.75) is 26.3 Å². The first-order valence-corrected chi connectivity index (χ1v) is 6.40. The van der Waals surface area contributed by atoms with E-state index >= 15 is 0 Å². The van der Waals surface area contributed by atoms with E-state index in [0.29, 0.717) is 0 Å². The summed E-state index contributed by atoms with van der Waals surface area (Å²) in [5.74, 6) is 0. The molecule has 0 heterocycles. The summed E-state index contributed by atoms with van der Waals surface area (Å²) in [6, 6.07) is 17.3. The molecule has 0 saturated heterocycles. The van der Waals surface area contributed by atoms with E-state index in [1.807, 2.05) is 7.05 Å². The van der Waals surface area contributed by atoms with Crippen LogP contribution >= 0.6 is 0 Å². The highest BCUT2D eigenvalue weighted by Crippen LogP contribution is 2.27. The molecule has 0 atom stereocenters. The van der Waals surface area contributed by atoms with Crippen molar-refractivity contribution >= 4 is 0 Å². The fourth-order valence-corrected chi connectivity index (χ4v) is 2.12. The first kappa shape index (κ1) is 12.8. The second kappa shape index (κ2) is 4.95. The second-order valence-corrected chi connectivity index (χ2v) is 5.27. The van der Waals surface area contributed by atoms with Crippen molar-refractivity contribution in [1.82, 2.24) is 5.32 Å². The third-order valence-electron chi connectivity index (χ3n) is 3.67. The minimum Gasteiger partial charge on any atom is -0.311 e. The van der Waals surface area contributed by atoms with Crippen LogP contribution in [0.25, 0.3) is 11.1 Å². The zero-order valence-electron chi connectivity index (χ0n) is 11.6. The lowest BCUT2D eigenvalue weighted by molar-refractivity contribution is 0.445. The van der Waals surface area contributed by atoms with Crippen LogP contribution in [0.4, 0.5) is 0 Å². The maximum absolute atomic E-state index is 3.35. The van der Waals surface area contributed by atoms with Gasteiger partial charge in [-0.25, -0.2) is 0 Å². The molecule has 0 unspecified atom stereocenters. The minimum atomic E-state index is -0.00129. The summed E-state index contributed by atoms with van der Waals surface area (Å²) in [6.07, 6.45) is 0. The van der Waals surface area contributed by atoms with Gasteiger partial charge < -0.3 is 5.32 Å². The monoisotopic (exact) mass is 239 g/mol. The van der Waals surface area contributed by atoms with Crippen molar-refractivity contribution in [3.8, 4) is 11.1 Å². The molecule has 0 saturated carbocycles. The predicted octanol–water partition coefficient (Wildman–Crippen LogP) is 4.12. The smallest absolute Gasteiger partial charge is 0.0375 e. The normalized spacial score (nSPS) is 11.6. The summed E-state index contributed by atoms with van der Waals surface area (Å²) in [5.41, 5.74) is 5.22. The van der Waals surface area contributed by atoms with Crippen LogP contribution in [0.1, 0.15) is 25.0 Å². The van der Waals surface area contributed by atoms with Gasteiger partial charge in [0.2, 0.25) is 0 Å². The first-order chi connectivity index (χ1) is 8.54. The van der Waals surface area contributed by atoms with Crippen molar-refractivity contribution in [3.05, 3.63) is 59.7 Å². The number of hydrogen-bond donors (Lipinski definition) is 1. The molecule has 0 bridgehead atoms. The molecule has 0 aliphatic carbocycles. The van der Waals surface area contributed by atoms with Crippen LogP contribution in [0.15, 0.2) is 48.5 Å². The average molecular weight is 239 g/mol. The standard InChI is InChI=1S/C17H21N/c1-13-8-5-6-11-16(13)14-9-7-10-15(12-14)17(2,3)18-4/h5-12,18H,1-4H3. The number of rotatable bonds is 3. The van der Waals surface area contributed by atoms with E-state index < -0.39 is 0 Å². The molecule has 2 aromatic rings. The quantitative estimate of drug-likeness (QED) is 0.849. The van der Waals surface area contributed by atoms with Gasteiger partial charge in [0.25, 0.3) is 0 Å². The van der Waals surface area contributed by atoms with Gasteiger partial charge in [0.1, 0.15) is 0 Å². The summed E-state index contributed by atoms with van der Waals surface area (Å²) < 4.78 is 0. The molecule has 0 aliphatic heterocycles. The molecule has 0 radical (unpaired) electrons. The Bertz CT molecular complexity index is 541. The van der Waals surface area contributed by atoms with Crippen molar-refractivity contribution in [1.29, 1.82) is 0 Å². The first-order valence-electron chi connectivity index (χ1n) is 6.40. The molecular formula is C17H21N. The van der Waals surface area contributed by atoms with Gasteiger partial charge in [-0.15, -0.1) is 0 Å². The summed E-state index contributed by atoms with van der Waals surface area (Å²) >= 11 is 0. The summed E-state index contributed by atoms with van der Waals surface area (Å²) in [5, 5.41) is 3.35. The molecule has 1 nitrogen and oxygen atoms in total. The zero-order valence-corrected chi connectivity index (χ0v) is 11.6. The van der Waals surface area contributed by atoms with Gasteiger partial charge in [-0.05, 0) is 56.1 Å². The van der Waals surface area contributed by atoms with Gasteiger partial charge in [-0.2, -0.15) is 0 Å².